The fraction of sp³-hybridized carbons (Fsp3) is 0.0182. The summed E-state index contributed by atoms with van der Waals surface area (Å²) < 4.78 is 2.41. The number of benzene rings is 9. The summed E-state index contributed by atoms with van der Waals surface area (Å²) in [5.41, 5.74) is 18.5. The van der Waals surface area contributed by atoms with Gasteiger partial charge < -0.3 is 9.47 Å². The molecule has 0 amide bonds. The van der Waals surface area contributed by atoms with Crippen molar-refractivity contribution in [1.29, 1.82) is 0 Å². The Kier molecular flexibility index (Phi) is 7.93. The highest BCUT2D eigenvalue weighted by molar-refractivity contribution is 6.16. The van der Waals surface area contributed by atoms with Gasteiger partial charge in [-0.3, -0.25) is 0 Å². The molecule has 0 saturated heterocycles. The molecule has 0 aliphatic heterocycles. The van der Waals surface area contributed by atoms with E-state index in [-0.39, 0.29) is 5.92 Å². The van der Waals surface area contributed by atoms with Gasteiger partial charge in [0.2, 0.25) is 0 Å². The maximum absolute atomic E-state index is 2.41. The SMILES string of the molecule is c1ccc(-c2ccc3c(c2)-c2ccccc2C3c2ccc(N(c3ccccc3)c3ccc4c(c3)c3c(-c5ccccc5)cccc3n4-c3ccccc3)cc2)cc1. The molecule has 2 nitrogen and oxygen atoms in total. The Morgan fingerprint density at radius 3 is 1.70 bits per heavy atom. The Morgan fingerprint density at radius 2 is 0.947 bits per heavy atom. The van der Waals surface area contributed by atoms with Gasteiger partial charge in [-0.05, 0) is 117 Å². The van der Waals surface area contributed by atoms with Gasteiger partial charge in [0.15, 0.2) is 0 Å². The number of nitrogens with zero attached hydrogens (tertiary/aromatic N) is 2. The van der Waals surface area contributed by atoms with Crippen molar-refractivity contribution in [2.75, 3.05) is 4.90 Å². The van der Waals surface area contributed by atoms with Crippen molar-refractivity contribution in [2.45, 2.75) is 5.92 Å². The number of fused-ring (bicyclic) bond motifs is 6. The van der Waals surface area contributed by atoms with Crippen LogP contribution in [0.2, 0.25) is 0 Å². The molecular formula is C55H38N2. The molecule has 0 fully saturated rings. The minimum Gasteiger partial charge on any atom is -0.310 e. The summed E-state index contributed by atoms with van der Waals surface area (Å²) >= 11 is 0. The molecule has 11 rings (SSSR count). The van der Waals surface area contributed by atoms with Gasteiger partial charge in [0.25, 0.3) is 0 Å². The maximum Gasteiger partial charge on any atom is 0.0547 e. The van der Waals surface area contributed by atoms with Crippen LogP contribution in [0.15, 0.2) is 224 Å². The van der Waals surface area contributed by atoms with E-state index in [1.54, 1.807) is 0 Å². The van der Waals surface area contributed by atoms with E-state index in [1.165, 1.54) is 71.9 Å². The monoisotopic (exact) mass is 726 g/mol. The van der Waals surface area contributed by atoms with Gasteiger partial charge in [-0.15, -0.1) is 0 Å². The molecule has 1 aliphatic rings. The highest BCUT2D eigenvalue weighted by Crippen LogP contribution is 2.50. The summed E-state index contributed by atoms with van der Waals surface area (Å²) in [5, 5.41) is 2.47. The second-order valence-corrected chi connectivity index (χ2v) is 14.9. The first kappa shape index (κ1) is 33.0. The van der Waals surface area contributed by atoms with Gasteiger partial charge in [-0.2, -0.15) is 0 Å². The number of anilines is 3. The fourth-order valence-electron chi connectivity index (χ4n) is 9.12. The van der Waals surface area contributed by atoms with Crippen molar-refractivity contribution >= 4 is 38.9 Å². The summed E-state index contributed by atoms with van der Waals surface area (Å²) in [6.45, 7) is 0. The third kappa shape index (κ3) is 5.57. The molecule has 2 heteroatoms. The van der Waals surface area contributed by atoms with Crippen molar-refractivity contribution in [3.63, 3.8) is 0 Å². The lowest BCUT2D eigenvalue weighted by Gasteiger charge is -2.26. The van der Waals surface area contributed by atoms with E-state index >= 15 is 0 Å². The van der Waals surface area contributed by atoms with Gasteiger partial charge >= 0.3 is 0 Å². The smallest absolute Gasteiger partial charge is 0.0547 e. The Bertz CT molecular complexity index is 3040. The molecular weight excluding hydrogens is 689 g/mol. The average molecular weight is 727 g/mol. The lowest BCUT2D eigenvalue weighted by Crippen LogP contribution is -2.10. The van der Waals surface area contributed by atoms with Crippen molar-refractivity contribution in [3.05, 3.63) is 241 Å². The van der Waals surface area contributed by atoms with Crippen molar-refractivity contribution in [1.82, 2.24) is 4.57 Å². The van der Waals surface area contributed by atoms with Gasteiger partial charge in [0.05, 0.1) is 11.0 Å². The van der Waals surface area contributed by atoms with Gasteiger partial charge in [-0.1, -0.05) is 158 Å². The molecule has 0 radical (unpaired) electrons. The van der Waals surface area contributed by atoms with E-state index in [0.717, 1.165) is 22.7 Å². The van der Waals surface area contributed by atoms with E-state index in [0.29, 0.717) is 0 Å². The topological polar surface area (TPSA) is 8.17 Å². The van der Waals surface area contributed by atoms with Crippen LogP contribution >= 0.6 is 0 Å². The molecule has 10 aromatic rings. The second kappa shape index (κ2) is 13.7. The Morgan fingerprint density at radius 1 is 0.351 bits per heavy atom. The molecule has 0 spiro atoms. The molecule has 1 aromatic heterocycles. The van der Waals surface area contributed by atoms with Crippen LogP contribution in [0, 0.1) is 0 Å². The number of hydrogen-bond acceptors (Lipinski definition) is 1. The first-order valence-corrected chi connectivity index (χ1v) is 19.7. The molecule has 9 aromatic carbocycles. The largest absolute Gasteiger partial charge is 0.310 e. The first-order valence-electron chi connectivity index (χ1n) is 19.7. The average Bonchev–Trinajstić information content (AvgIpc) is 3.80. The molecule has 1 atom stereocenters. The summed E-state index contributed by atoms with van der Waals surface area (Å²) in [6, 6.07) is 81.8. The fourth-order valence-corrected chi connectivity index (χ4v) is 9.12. The van der Waals surface area contributed by atoms with E-state index in [1.807, 2.05) is 0 Å². The Balaban J connectivity index is 1.05. The molecule has 0 saturated carbocycles. The minimum absolute atomic E-state index is 0.164. The molecule has 1 unspecified atom stereocenters. The summed E-state index contributed by atoms with van der Waals surface area (Å²) in [7, 11) is 0. The molecule has 268 valence electrons. The third-order valence-corrected chi connectivity index (χ3v) is 11.7. The van der Waals surface area contributed by atoms with Crippen LogP contribution in [0.5, 0.6) is 0 Å². The highest BCUT2D eigenvalue weighted by atomic mass is 15.1. The van der Waals surface area contributed by atoms with E-state index < -0.39 is 0 Å². The summed E-state index contributed by atoms with van der Waals surface area (Å²) in [4.78, 5) is 2.39. The van der Waals surface area contributed by atoms with Gasteiger partial charge in [0.1, 0.15) is 0 Å². The van der Waals surface area contributed by atoms with Gasteiger partial charge in [0, 0.05) is 39.4 Å². The molecule has 1 aliphatic carbocycles. The zero-order valence-electron chi connectivity index (χ0n) is 31.3. The zero-order valence-corrected chi connectivity index (χ0v) is 31.3. The van der Waals surface area contributed by atoms with Crippen LogP contribution in [0.25, 0.3) is 60.9 Å². The summed E-state index contributed by atoms with van der Waals surface area (Å²) in [5.74, 6) is 0.164. The van der Waals surface area contributed by atoms with Crippen LogP contribution < -0.4 is 4.90 Å². The van der Waals surface area contributed by atoms with Crippen LogP contribution in [0.1, 0.15) is 22.6 Å². The predicted molar refractivity (Wildman–Crippen MR) is 239 cm³/mol. The Hall–Kier alpha value is -7.42. The van der Waals surface area contributed by atoms with Gasteiger partial charge in [-0.25, -0.2) is 0 Å². The first-order chi connectivity index (χ1) is 28.3. The van der Waals surface area contributed by atoms with E-state index in [9.17, 15) is 0 Å². The van der Waals surface area contributed by atoms with Crippen LogP contribution in [-0.4, -0.2) is 4.57 Å². The zero-order chi connectivity index (χ0) is 37.7. The number of aromatic nitrogens is 1. The van der Waals surface area contributed by atoms with Crippen LogP contribution in [-0.2, 0) is 0 Å². The quantitative estimate of drug-likeness (QED) is 0.159. The normalized spacial score (nSPS) is 13.1. The Labute approximate surface area is 333 Å². The van der Waals surface area contributed by atoms with Crippen molar-refractivity contribution in [2.24, 2.45) is 0 Å². The van der Waals surface area contributed by atoms with Crippen molar-refractivity contribution in [3.8, 4) is 39.1 Å². The summed E-state index contributed by atoms with van der Waals surface area (Å²) in [6.07, 6.45) is 0. The number of para-hydroxylation sites is 2. The van der Waals surface area contributed by atoms with Crippen molar-refractivity contribution < 1.29 is 0 Å². The minimum atomic E-state index is 0.164. The molecule has 57 heavy (non-hydrogen) atoms. The number of rotatable bonds is 7. The lowest BCUT2D eigenvalue weighted by molar-refractivity contribution is 1.01. The molecule has 0 bridgehead atoms. The van der Waals surface area contributed by atoms with E-state index in [2.05, 4.69) is 234 Å². The number of hydrogen-bond donors (Lipinski definition) is 0. The standard InChI is InChI=1S/C55H38N2/c1-5-16-38(17-6-1)41-30-34-49-50(36-41)47-24-13-14-25-48(47)54(49)40-28-31-44(32-29-40)56(42-20-9-3-10-21-42)45-33-35-52-51(37-45)55-46(39-18-7-2-8-19-39)26-15-27-53(55)57(52)43-22-11-4-12-23-43/h1-37,54H. The predicted octanol–water partition coefficient (Wildman–Crippen LogP) is 14.7. The molecule has 0 N–H and O–H groups in total. The maximum atomic E-state index is 2.41. The van der Waals surface area contributed by atoms with Crippen LogP contribution in [0.4, 0.5) is 17.1 Å². The van der Waals surface area contributed by atoms with E-state index in [4.69, 9.17) is 0 Å². The molecule has 1 heterocycles. The lowest BCUT2D eigenvalue weighted by atomic mass is 9.88. The second-order valence-electron chi connectivity index (χ2n) is 14.9. The van der Waals surface area contributed by atoms with Crippen LogP contribution in [0.3, 0.4) is 0 Å². The highest BCUT2D eigenvalue weighted by Gasteiger charge is 2.30. The third-order valence-electron chi connectivity index (χ3n) is 11.7.